The number of β-amino-alcohol motifs (C(OH)–C–C–N with tert-alkyl or cyclic N) is 1. The molecule has 0 radical (unpaired) electrons. The van der Waals surface area contributed by atoms with Crippen LogP contribution in [0.1, 0.15) is 6.42 Å². The van der Waals surface area contributed by atoms with Crippen molar-refractivity contribution in [1.29, 1.82) is 0 Å². The number of carbonyl (C=O) groups excluding carboxylic acids is 1. The smallest absolute Gasteiger partial charge is 0.229 e. The van der Waals surface area contributed by atoms with Crippen molar-refractivity contribution in [1.82, 2.24) is 4.98 Å². The molecular weight excluding hydrogens is 256 g/mol. The van der Waals surface area contributed by atoms with Crippen molar-refractivity contribution in [3.05, 3.63) is 48.7 Å². The molecule has 3 rings (SSSR count). The summed E-state index contributed by atoms with van der Waals surface area (Å²) in [5, 5.41) is 9.53. The molecule has 5 nitrogen and oxygen atoms in total. The van der Waals surface area contributed by atoms with E-state index in [1.165, 1.54) is 0 Å². The van der Waals surface area contributed by atoms with Crippen molar-refractivity contribution in [3.63, 3.8) is 0 Å². The predicted octanol–water partition coefficient (Wildman–Crippen LogP) is 1.97. The van der Waals surface area contributed by atoms with E-state index in [0.717, 1.165) is 5.69 Å². The molecule has 1 unspecified atom stereocenters. The number of nitrogens with zero attached hydrogens (tertiary/aromatic N) is 2. The zero-order valence-corrected chi connectivity index (χ0v) is 10.8. The van der Waals surface area contributed by atoms with Crippen molar-refractivity contribution < 1.29 is 14.6 Å². The Morgan fingerprint density at radius 3 is 2.85 bits per heavy atom. The monoisotopic (exact) mass is 270 g/mol. The summed E-state index contributed by atoms with van der Waals surface area (Å²) in [7, 11) is 0. The highest BCUT2D eigenvalue weighted by Gasteiger charge is 2.29. The number of benzene rings is 1. The molecule has 1 aliphatic heterocycles. The number of amides is 1. The maximum atomic E-state index is 11.8. The van der Waals surface area contributed by atoms with E-state index in [9.17, 15) is 9.90 Å². The fourth-order valence-corrected chi connectivity index (χ4v) is 2.18. The lowest BCUT2D eigenvalue weighted by Crippen LogP contribution is -2.25. The number of rotatable bonds is 3. The first kappa shape index (κ1) is 12.6. The molecule has 1 aromatic carbocycles. The first-order valence-electron chi connectivity index (χ1n) is 6.40. The predicted molar refractivity (Wildman–Crippen MR) is 73.7 cm³/mol. The first-order valence-corrected chi connectivity index (χ1v) is 6.40. The zero-order valence-electron chi connectivity index (χ0n) is 10.8. The summed E-state index contributed by atoms with van der Waals surface area (Å²) in [4.78, 5) is 17.4. The molecule has 0 spiro atoms. The molecule has 5 heteroatoms. The summed E-state index contributed by atoms with van der Waals surface area (Å²) in [6.45, 7) is 0.325. The van der Waals surface area contributed by atoms with E-state index in [4.69, 9.17) is 4.74 Å². The maximum Gasteiger partial charge on any atom is 0.229 e. The summed E-state index contributed by atoms with van der Waals surface area (Å²) in [5.41, 5.74) is 0.722. The van der Waals surface area contributed by atoms with Gasteiger partial charge in [-0.05, 0) is 18.2 Å². The van der Waals surface area contributed by atoms with Crippen molar-refractivity contribution in [3.8, 4) is 11.6 Å². The highest BCUT2D eigenvalue weighted by molar-refractivity contribution is 5.96. The second-order valence-electron chi connectivity index (χ2n) is 4.63. The minimum atomic E-state index is -0.595. The van der Waals surface area contributed by atoms with E-state index < -0.39 is 6.10 Å². The highest BCUT2D eigenvalue weighted by Crippen LogP contribution is 2.27. The average Bonchev–Trinajstić information content (AvgIpc) is 2.79. The van der Waals surface area contributed by atoms with Gasteiger partial charge < -0.3 is 14.7 Å². The third-order valence-electron chi connectivity index (χ3n) is 3.09. The van der Waals surface area contributed by atoms with Gasteiger partial charge in [0.05, 0.1) is 19.1 Å². The van der Waals surface area contributed by atoms with Gasteiger partial charge in [-0.1, -0.05) is 12.1 Å². The van der Waals surface area contributed by atoms with Gasteiger partial charge in [0.15, 0.2) is 0 Å². The molecule has 2 aromatic rings. The second-order valence-corrected chi connectivity index (χ2v) is 4.63. The van der Waals surface area contributed by atoms with Crippen LogP contribution in [-0.4, -0.2) is 28.6 Å². The number of ether oxygens (including phenoxy) is 1. The van der Waals surface area contributed by atoms with Crippen molar-refractivity contribution in [2.45, 2.75) is 12.5 Å². The Morgan fingerprint density at radius 1 is 1.25 bits per heavy atom. The van der Waals surface area contributed by atoms with Crippen LogP contribution in [-0.2, 0) is 4.79 Å². The highest BCUT2D eigenvalue weighted by atomic mass is 16.5. The van der Waals surface area contributed by atoms with E-state index in [1.54, 1.807) is 29.3 Å². The van der Waals surface area contributed by atoms with Gasteiger partial charge in [0.1, 0.15) is 5.75 Å². The second kappa shape index (κ2) is 5.30. The molecular formula is C15H14N2O3. The Hall–Kier alpha value is -2.40. The number of carbonyl (C=O) groups is 1. The zero-order chi connectivity index (χ0) is 13.9. The summed E-state index contributed by atoms with van der Waals surface area (Å²) < 4.78 is 5.63. The standard InChI is InChI=1S/C15H14N2O3/c18-12-9-15(19)17(10-12)11-4-3-5-13(8-11)20-14-6-1-2-7-16-14/h1-8,12,18H,9-10H2. The third-order valence-corrected chi connectivity index (χ3v) is 3.09. The molecule has 1 aromatic heterocycles. The Labute approximate surface area is 116 Å². The maximum absolute atomic E-state index is 11.8. The Balaban J connectivity index is 1.81. The molecule has 2 heterocycles. The summed E-state index contributed by atoms with van der Waals surface area (Å²) in [6, 6.07) is 12.6. The van der Waals surface area contributed by atoms with Crippen molar-refractivity contribution in [2.75, 3.05) is 11.4 Å². The average molecular weight is 270 g/mol. The normalized spacial score (nSPS) is 18.4. The van der Waals surface area contributed by atoms with Crippen LogP contribution in [0.2, 0.25) is 0 Å². The third kappa shape index (κ3) is 2.62. The summed E-state index contributed by atoms with van der Waals surface area (Å²) in [5.74, 6) is 1.03. The summed E-state index contributed by atoms with van der Waals surface area (Å²) in [6.07, 6.45) is 1.23. The molecule has 1 amide bonds. The molecule has 1 fully saturated rings. The Kier molecular flexibility index (Phi) is 3.35. The molecule has 1 atom stereocenters. The van der Waals surface area contributed by atoms with Crippen molar-refractivity contribution in [2.24, 2.45) is 0 Å². The molecule has 1 N–H and O–H groups in total. The molecule has 0 aliphatic carbocycles. The van der Waals surface area contributed by atoms with E-state index in [1.807, 2.05) is 24.3 Å². The lowest BCUT2D eigenvalue weighted by atomic mass is 10.3. The quantitative estimate of drug-likeness (QED) is 0.926. The van der Waals surface area contributed by atoms with Crippen LogP contribution in [0.5, 0.6) is 11.6 Å². The van der Waals surface area contributed by atoms with Gasteiger partial charge >= 0.3 is 0 Å². The molecule has 102 valence electrons. The molecule has 1 saturated heterocycles. The van der Waals surface area contributed by atoms with Crippen LogP contribution in [0.3, 0.4) is 0 Å². The van der Waals surface area contributed by atoms with E-state index in [0.29, 0.717) is 18.2 Å². The van der Waals surface area contributed by atoms with Crippen LogP contribution in [0.15, 0.2) is 48.7 Å². The fourth-order valence-electron chi connectivity index (χ4n) is 2.18. The molecule has 0 bridgehead atoms. The Morgan fingerprint density at radius 2 is 2.15 bits per heavy atom. The number of hydrogen-bond acceptors (Lipinski definition) is 4. The van der Waals surface area contributed by atoms with Crippen molar-refractivity contribution >= 4 is 11.6 Å². The van der Waals surface area contributed by atoms with Gasteiger partial charge in [-0.25, -0.2) is 4.98 Å². The van der Waals surface area contributed by atoms with E-state index in [2.05, 4.69) is 4.98 Å². The van der Waals surface area contributed by atoms with Gasteiger partial charge in [-0.3, -0.25) is 4.79 Å². The number of anilines is 1. The number of aliphatic hydroxyl groups is 1. The van der Waals surface area contributed by atoms with Gasteiger partial charge in [-0.2, -0.15) is 0 Å². The van der Waals surface area contributed by atoms with Gasteiger partial charge in [0, 0.05) is 24.0 Å². The molecule has 1 aliphatic rings. The van der Waals surface area contributed by atoms with Gasteiger partial charge in [-0.15, -0.1) is 0 Å². The lowest BCUT2D eigenvalue weighted by Gasteiger charge is -2.16. The summed E-state index contributed by atoms with van der Waals surface area (Å²) >= 11 is 0. The first-order chi connectivity index (χ1) is 9.72. The lowest BCUT2D eigenvalue weighted by molar-refractivity contribution is -0.117. The molecule has 0 saturated carbocycles. The van der Waals surface area contributed by atoms with Crippen LogP contribution in [0.25, 0.3) is 0 Å². The Bertz CT molecular complexity index is 616. The number of hydrogen-bond donors (Lipinski definition) is 1. The molecule has 20 heavy (non-hydrogen) atoms. The van der Waals surface area contributed by atoms with E-state index >= 15 is 0 Å². The van der Waals surface area contributed by atoms with Crippen LogP contribution < -0.4 is 9.64 Å². The number of aliphatic hydroxyl groups excluding tert-OH is 1. The van der Waals surface area contributed by atoms with Crippen LogP contribution >= 0.6 is 0 Å². The van der Waals surface area contributed by atoms with E-state index in [-0.39, 0.29) is 12.3 Å². The minimum Gasteiger partial charge on any atom is -0.439 e. The number of pyridine rings is 1. The van der Waals surface area contributed by atoms with Gasteiger partial charge in [0.25, 0.3) is 0 Å². The number of aromatic nitrogens is 1. The van der Waals surface area contributed by atoms with Crippen LogP contribution in [0.4, 0.5) is 5.69 Å². The minimum absolute atomic E-state index is 0.0764. The largest absolute Gasteiger partial charge is 0.439 e. The fraction of sp³-hybridized carbons (Fsp3) is 0.200. The van der Waals surface area contributed by atoms with Gasteiger partial charge in [0.2, 0.25) is 11.8 Å². The SMILES string of the molecule is O=C1CC(O)CN1c1cccc(Oc2ccccn2)c1. The van der Waals surface area contributed by atoms with Crippen LogP contribution in [0, 0.1) is 0 Å². The topological polar surface area (TPSA) is 62.7 Å².